The third kappa shape index (κ3) is 2.43. The van der Waals surface area contributed by atoms with E-state index in [2.05, 4.69) is 5.32 Å². The Kier molecular flexibility index (Phi) is 4.39. The highest BCUT2D eigenvalue weighted by molar-refractivity contribution is 5.85. The standard InChI is InChI=1S/C11H15NO2.ClH/c1-14-10-5-3-2-4-8(10)11-9(13)6-7-12-11;/h2-5,9,11-13H,6-7H2,1H3;1H/t9-,11-;/m1./s1. The Labute approximate surface area is 95.9 Å². The lowest BCUT2D eigenvalue weighted by Crippen LogP contribution is -2.21. The van der Waals surface area contributed by atoms with Crippen LogP contribution in [0.15, 0.2) is 24.3 Å². The molecule has 1 saturated heterocycles. The molecule has 1 aromatic rings. The minimum atomic E-state index is -0.300. The molecular weight excluding hydrogens is 214 g/mol. The SMILES string of the molecule is COc1ccccc1[C@H]1NCC[C@H]1O.Cl. The number of hydrogen-bond donors (Lipinski definition) is 2. The minimum Gasteiger partial charge on any atom is -0.496 e. The molecule has 3 nitrogen and oxygen atoms in total. The smallest absolute Gasteiger partial charge is 0.123 e. The second-order valence-corrected chi connectivity index (χ2v) is 3.53. The zero-order valence-corrected chi connectivity index (χ0v) is 9.46. The van der Waals surface area contributed by atoms with Gasteiger partial charge in [0.05, 0.1) is 19.3 Å². The van der Waals surface area contributed by atoms with Crippen molar-refractivity contribution in [2.45, 2.75) is 18.6 Å². The topological polar surface area (TPSA) is 41.5 Å². The third-order valence-corrected chi connectivity index (χ3v) is 2.66. The number of methoxy groups -OCH3 is 1. The molecule has 1 aliphatic heterocycles. The molecule has 0 amide bonds. The summed E-state index contributed by atoms with van der Waals surface area (Å²) in [5, 5.41) is 13.0. The summed E-state index contributed by atoms with van der Waals surface area (Å²) in [5.74, 6) is 0.839. The van der Waals surface area contributed by atoms with Crippen molar-refractivity contribution in [1.29, 1.82) is 0 Å². The van der Waals surface area contributed by atoms with Gasteiger partial charge in [-0.25, -0.2) is 0 Å². The van der Waals surface area contributed by atoms with Crippen molar-refractivity contribution in [3.63, 3.8) is 0 Å². The molecule has 0 bridgehead atoms. The zero-order valence-electron chi connectivity index (χ0n) is 8.64. The molecule has 2 atom stereocenters. The molecule has 2 rings (SSSR count). The van der Waals surface area contributed by atoms with Crippen LogP contribution in [0.1, 0.15) is 18.0 Å². The van der Waals surface area contributed by atoms with Gasteiger partial charge in [-0.15, -0.1) is 12.4 Å². The van der Waals surface area contributed by atoms with Gasteiger partial charge >= 0.3 is 0 Å². The average Bonchev–Trinajstić information content (AvgIpc) is 2.64. The first-order valence-electron chi connectivity index (χ1n) is 4.87. The second kappa shape index (κ2) is 5.35. The molecule has 1 aromatic carbocycles. The highest BCUT2D eigenvalue weighted by atomic mass is 35.5. The first-order valence-corrected chi connectivity index (χ1v) is 4.87. The van der Waals surface area contributed by atoms with Crippen LogP contribution in [0.25, 0.3) is 0 Å². The summed E-state index contributed by atoms with van der Waals surface area (Å²) in [6.45, 7) is 0.865. The van der Waals surface area contributed by atoms with Crippen molar-refractivity contribution >= 4 is 12.4 Å². The minimum absolute atomic E-state index is 0. The molecule has 1 fully saturated rings. The maximum Gasteiger partial charge on any atom is 0.123 e. The van der Waals surface area contributed by atoms with Crippen molar-refractivity contribution in [2.75, 3.05) is 13.7 Å². The fourth-order valence-corrected chi connectivity index (χ4v) is 1.93. The predicted octanol–water partition coefficient (Wildman–Crippen LogP) is 1.51. The van der Waals surface area contributed by atoms with Crippen molar-refractivity contribution in [3.8, 4) is 5.75 Å². The molecule has 0 aliphatic carbocycles. The second-order valence-electron chi connectivity index (χ2n) is 3.53. The molecule has 0 saturated carbocycles. The Balaban J connectivity index is 0.00000112. The average molecular weight is 230 g/mol. The quantitative estimate of drug-likeness (QED) is 0.808. The van der Waals surface area contributed by atoms with Crippen LogP contribution in [-0.4, -0.2) is 24.9 Å². The van der Waals surface area contributed by atoms with Gasteiger partial charge < -0.3 is 15.2 Å². The van der Waals surface area contributed by atoms with Crippen LogP contribution in [-0.2, 0) is 0 Å². The number of rotatable bonds is 2. The van der Waals surface area contributed by atoms with E-state index in [1.807, 2.05) is 24.3 Å². The maximum absolute atomic E-state index is 9.74. The number of para-hydroxylation sites is 1. The van der Waals surface area contributed by atoms with Crippen LogP contribution in [0.4, 0.5) is 0 Å². The van der Waals surface area contributed by atoms with Crippen LogP contribution in [0.3, 0.4) is 0 Å². The maximum atomic E-state index is 9.74. The van der Waals surface area contributed by atoms with E-state index in [-0.39, 0.29) is 24.6 Å². The molecule has 1 aliphatic rings. The number of ether oxygens (including phenoxy) is 1. The lowest BCUT2D eigenvalue weighted by atomic mass is 10.0. The van der Waals surface area contributed by atoms with E-state index >= 15 is 0 Å². The molecular formula is C11H16ClNO2. The molecule has 0 radical (unpaired) electrons. The van der Waals surface area contributed by atoms with Gasteiger partial charge in [-0.1, -0.05) is 18.2 Å². The predicted molar refractivity (Wildman–Crippen MR) is 61.6 cm³/mol. The fraction of sp³-hybridized carbons (Fsp3) is 0.455. The molecule has 4 heteroatoms. The fourth-order valence-electron chi connectivity index (χ4n) is 1.93. The summed E-state index contributed by atoms with van der Waals surface area (Å²) in [4.78, 5) is 0. The summed E-state index contributed by atoms with van der Waals surface area (Å²) in [7, 11) is 1.65. The van der Waals surface area contributed by atoms with E-state index in [0.717, 1.165) is 24.3 Å². The van der Waals surface area contributed by atoms with Gasteiger partial charge in [-0.05, 0) is 19.0 Å². The molecule has 2 N–H and O–H groups in total. The molecule has 1 heterocycles. The van der Waals surface area contributed by atoms with Crippen LogP contribution in [0, 0.1) is 0 Å². The largest absolute Gasteiger partial charge is 0.496 e. The van der Waals surface area contributed by atoms with Gasteiger partial charge in [0, 0.05) is 5.56 Å². The van der Waals surface area contributed by atoms with E-state index in [4.69, 9.17) is 4.74 Å². The van der Waals surface area contributed by atoms with Crippen LogP contribution in [0.5, 0.6) is 5.75 Å². The third-order valence-electron chi connectivity index (χ3n) is 2.66. The van der Waals surface area contributed by atoms with Crippen molar-refractivity contribution in [1.82, 2.24) is 5.32 Å². The van der Waals surface area contributed by atoms with Crippen LogP contribution < -0.4 is 10.1 Å². The Morgan fingerprint density at radius 1 is 1.40 bits per heavy atom. The van der Waals surface area contributed by atoms with Gasteiger partial charge in [0.2, 0.25) is 0 Å². The van der Waals surface area contributed by atoms with E-state index in [9.17, 15) is 5.11 Å². The van der Waals surface area contributed by atoms with Crippen molar-refractivity contribution in [2.24, 2.45) is 0 Å². The van der Waals surface area contributed by atoms with Crippen molar-refractivity contribution < 1.29 is 9.84 Å². The molecule has 15 heavy (non-hydrogen) atoms. The molecule has 0 unspecified atom stereocenters. The summed E-state index contributed by atoms with van der Waals surface area (Å²) in [5.41, 5.74) is 1.04. The zero-order chi connectivity index (χ0) is 9.97. The van der Waals surface area contributed by atoms with E-state index in [1.165, 1.54) is 0 Å². The summed E-state index contributed by atoms with van der Waals surface area (Å²) < 4.78 is 5.25. The summed E-state index contributed by atoms with van der Waals surface area (Å²) >= 11 is 0. The highest BCUT2D eigenvalue weighted by Gasteiger charge is 2.27. The number of halogens is 1. The van der Waals surface area contributed by atoms with E-state index in [1.54, 1.807) is 7.11 Å². The van der Waals surface area contributed by atoms with E-state index in [0.29, 0.717) is 0 Å². The van der Waals surface area contributed by atoms with Crippen LogP contribution >= 0.6 is 12.4 Å². The number of benzene rings is 1. The molecule has 0 aromatic heterocycles. The molecule has 84 valence electrons. The van der Waals surface area contributed by atoms with Gasteiger partial charge in [-0.3, -0.25) is 0 Å². The number of hydrogen-bond acceptors (Lipinski definition) is 3. The monoisotopic (exact) mass is 229 g/mol. The Morgan fingerprint density at radius 3 is 2.73 bits per heavy atom. The number of nitrogens with one attached hydrogen (secondary N) is 1. The lowest BCUT2D eigenvalue weighted by Gasteiger charge is -2.17. The number of aliphatic hydroxyl groups is 1. The van der Waals surface area contributed by atoms with Gasteiger partial charge in [0.15, 0.2) is 0 Å². The number of aliphatic hydroxyl groups excluding tert-OH is 1. The highest BCUT2D eigenvalue weighted by Crippen LogP contribution is 2.30. The van der Waals surface area contributed by atoms with Gasteiger partial charge in [0.25, 0.3) is 0 Å². The van der Waals surface area contributed by atoms with E-state index < -0.39 is 0 Å². The van der Waals surface area contributed by atoms with Gasteiger partial charge in [-0.2, -0.15) is 0 Å². The summed E-state index contributed by atoms with van der Waals surface area (Å²) in [6, 6.07) is 7.83. The molecule has 0 spiro atoms. The van der Waals surface area contributed by atoms with Crippen molar-refractivity contribution in [3.05, 3.63) is 29.8 Å². The Bertz CT molecular complexity index is 319. The lowest BCUT2D eigenvalue weighted by molar-refractivity contribution is 0.158. The normalized spacial score (nSPS) is 24.7. The Morgan fingerprint density at radius 2 is 2.13 bits per heavy atom. The first kappa shape index (κ1) is 12.3. The van der Waals surface area contributed by atoms with Gasteiger partial charge in [0.1, 0.15) is 5.75 Å². The summed E-state index contributed by atoms with van der Waals surface area (Å²) in [6.07, 6.45) is 0.509. The Hall–Kier alpha value is -0.770. The van der Waals surface area contributed by atoms with Crippen LogP contribution in [0.2, 0.25) is 0 Å². The first-order chi connectivity index (χ1) is 6.83.